The van der Waals surface area contributed by atoms with Crippen LogP contribution in [0.3, 0.4) is 0 Å². The number of benzene rings is 1. The van der Waals surface area contributed by atoms with Crippen LogP contribution in [0.2, 0.25) is 0 Å². The molecule has 1 atom stereocenters. The van der Waals surface area contributed by atoms with Gasteiger partial charge in [-0.25, -0.2) is 4.79 Å². The molecular formula is C13H18O5. The van der Waals surface area contributed by atoms with Crippen LogP contribution in [0.1, 0.15) is 22.8 Å². The van der Waals surface area contributed by atoms with Crippen molar-refractivity contribution in [2.24, 2.45) is 0 Å². The normalized spacial score (nSPS) is 12.2. The zero-order valence-corrected chi connectivity index (χ0v) is 10.5. The zero-order chi connectivity index (χ0) is 13.5. The summed E-state index contributed by atoms with van der Waals surface area (Å²) in [6.07, 6.45) is -0.691. The Morgan fingerprint density at radius 2 is 2.11 bits per heavy atom. The third-order valence-electron chi connectivity index (χ3n) is 2.37. The molecule has 100 valence electrons. The van der Waals surface area contributed by atoms with Gasteiger partial charge in [0, 0.05) is 6.61 Å². The number of rotatable bonds is 7. The molecule has 2 N–H and O–H groups in total. The molecule has 5 nitrogen and oxygen atoms in total. The highest BCUT2D eigenvalue weighted by Gasteiger charge is 2.09. The Bertz CT molecular complexity index is 402. The van der Waals surface area contributed by atoms with Crippen LogP contribution in [0.15, 0.2) is 18.2 Å². The van der Waals surface area contributed by atoms with Crippen LogP contribution in [0.4, 0.5) is 0 Å². The van der Waals surface area contributed by atoms with Crippen molar-refractivity contribution in [3.63, 3.8) is 0 Å². The first-order valence-corrected chi connectivity index (χ1v) is 5.77. The molecule has 0 heterocycles. The molecule has 1 aromatic rings. The Balaban J connectivity index is 2.55. The number of hydrogen-bond acceptors (Lipinski definition) is 4. The van der Waals surface area contributed by atoms with Crippen LogP contribution < -0.4 is 4.74 Å². The van der Waals surface area contributed by atoms with Crippen molar-refractivity contribution >= 4 is 5.97 Å². The lowest BCUT2D eigenvalue weighted by Gasteiger charge is -2.14. The van der Waals surface area contributed by atoms with Crippen molar-refractivity contribution in [2.45, 2.75) is 20.0 Å². The maximum absolute atomic E-state index is 10.8. The minimum absolute atomic E-state index is 0.118. The van der Waals surface area contributed by atoms with Gasteiger partial charge in [0.2, 0.25) is 0 Å². The molecule has 0 radical (unpaired) electrons. The second-order valence-electron chi connectivity index (χ2n) is 3.91. The van der Waals surface area contributed by atoms with E-state index in [0.29, 0.717) is 12.4 Å². The van der Waals surface area contributed by atoms with Crippen molar-refractivity contribution in [1.82, 2.24) is 0 Å². The van der Waals surface area contributed by atoms with E-state index in [9.17, 15) is 9.90 Å². The van der Waals surface area contributed by atoms with Gasteiger partial charge in [-0.15, -0.1) is 0 Å². The van der Waals surface area contributed by atoms with E-state index in [1.807, 2.05) is 6.92 Å². The number of hydrogen-bond donors (Lipinski definition) is 2. The predicted molar refractivity (Wildman–Crippen MR) is 66.1 cm³/mol. The van der Waals surface area contributed by atoms with Gasteiger partial charge in [0.1, 0.15) is 18.5 Å². The Morgan fingerprint density at radius 3 is 2.67 bits per heavy atom. The van der Waals surface area contributed by atoms with Crippen LogP contribution in [0.25, 0.3) is 0 Å². The minimum atomic E-state index is -0.971. The van der Waals surface area contributed by atoms with Crippen molar-refractivity contribution in [2.75, 3.05) is 19.8 Å². The summed E-state index contributed by atoms with van der Waals surface area (Å²) < 4.78 is 10.5. The lowest BCUT2D eigenvalue weighted by Crippen LogP contribution is -2.23. The standard InChI is InChI=1S/C13H18O5/c1-3-17-7-11(14)8-18-12-5-4-10(13(15)16)6-9(12)2/h4-6,11,14H,3,7-8H2,1-2H3,(H,15,16). The van der Waals surface area contributed by atoms with E-state index in [1.54, 1.807) is 13.0 Å². The summed E-state index contributed by atoms with van der Waals surface area (Å²) in [6, 6.07) is 4.60. The number of aryl methyl sites for hydroxylation is 1. The number of ether oxygens (including phenoxy) is 2. The lowest BCUT2D eigenvalue weighted by atomic mass is 10.1. The fraction of sp³-hybridized carbons (Fsp3) is 0.462. The number of aliphatic hydroxyl groups is 1. The molecule has 0 amide bonds. The summed E-state index contributed by atoms with van der Waals surface area (Å²) in [5.41, 5.74) is 0.938. The molecule has 18 heavy (non-hydrogen) atoms. The number of carboxylic acids is 1. The Hall–Kier alpha value is -1.59. The van der Waals surface area contributed by atoms with Gasteiger partial charge in [-0.3, -0.25) is 0 Å². The van der Waals surface area contributed by atoms with Crippen molar-refractivity contribution in [1.29, 1.82) is 0 Å². The first kappa shape index (κ1) is 14.5. The molecule has 1 aromatic carbocycles. The number of carbonyl (C=O) groups is 1. The molecular weight excluding hydrogens is 236 g/mol. The van der Waals surface area contributed by atoms with Crippen LogP contribution in [0, 0.1) is 6.92 Å². The summed E-state index contributed by atoms with van der Waals surface area (Å²) in [6.45, 7) is 4.50. The van der Waals surface area contributed by atoms with Gasteiger partial charge in [0.25, 0.3) is 0 Å². The molecule has 0 aliphatic carbocycles. The Labute approximate surface area is 106 Å². The first-order valence-electron chi connectivity index (χ1n) is 5.77. The minimum Gasteiger partial charge on any atom is -0.491 e. The number of aromatic carboxylic acids is 1. The van der Waals surface area contributed by atoms with E-state index >= 15 is 0 Å². The second kappa shape index (κ2) is 6.98. The highest BCUT2D eigenvalue weighted by molar-refractivity contribution is 5.88. The number of carboxylic acid groups (broad SMARTS) is 1. The lowest BCUT2D eigenvalue weighted by molar-refractivity contribution is 0.0163. The van der Waals surface area contributed by atoms with Crippen molar-refractivity contribution in [3.05, 3.63) is 29.3 Å². The van der Waals surface area contributed by atoms with Crippen LogP contribution in [-0.2, 0) is 4.74 Å². The van der Waals surface area contributed by atoms with Crippen LogP contribution in [0.5, 0.6) is 5.75 Å². The van der Waals surface area contributed by atoms with E-state index in [0.717, 1.165) is 5.56 Å². The molecule has 1 rings (SSSR count). The summed E-state index contributed by atoms with van der Waals surface area (Å²) in [7, 11) is 0. The van der Waals surface area contributed by atoms with Gasteiger partial charge in [-0.2, -0.15) is 0 Å². The van der Waals surface area contributed by atoms with Gasteiger partial charge in [-0.1, -0.05) is 0 Å². The van der Waals surface area contributed by atoms with E-state index in [-0.39, 0.29) is 18.8 Å². The molecule has 0 bridgehead atoms. The van der Waals surface area contributed by atoms with E-state index < -0.39 is 12.1 Å². The Kier molecular flexibility index (Phi) is 5.61. The highest BCUT2D eigenvalue weighted by atomic mass is 16.5. The van der Waals surface area contributed by atoms with Gasteiger partial charge in [0.05, 0.1) is 12.2 Å². The average Bonchev–Trinajstić information content (AvgIpc) is 2.34. The zero-order valence-electron chi connectivity index (χ0n) is 10.5. The topological polar surface area (TPSA) is 76.0 Å². The monoisotopic (exact) mass is 254 g/mol. The SMILES string of the molecule is CCOCC(O)COc1ccc(C(=O)O)cc1C. The molecule has 0 aliphatic rings. The van der Waals surface area contributed by atoms with Crippen LogP contribution in [-0.4, -0.2) is 42.1 Å². The van der Waals surface area contributed by atoms with Crippen molar-refractivity contribution in [3.8, 4) is 5.75 Å². The summed E-state index contributed by atoms with van der Waals surface area (Å²) in [5, 5.41) is 18.3. The molecule has 0 saturated heterocycles. The summed E-state index contributed by atoms with van der Waals surface area (Å²) in [4.78, 5) is 10.8. The largest absolute Gasteiger partial charge is 0.491 e. The molecule has 1 unspecified atom stereocenters. The van der Waals surface area contributed by atoms with Crippen LogP contribution >= 0.6 is 0 Å². The van der Waals surface area contributed by atoms with Gasteiger partial charge >= 0.3 is 5.97 Å². The quantitative estimate of drug-likeness (QED) is 0.770. The molecule has 0 fully saturated rings. The molecule has 0 saturated carbocycles. The molecule has 0 spiro atoms. The maximum atomic E-state index is 10.8. The molecule has 0 aliphatic heterocycles. The fourth-order valence-corrected chi connectivity index (χ4v) is 1.43. The number of aliphatic hydroxyl groups excluding tert-OH is 1. The highest BCUT2D eigenvalue weighted by Crippen LogP contribution is 2.19. The fourth-order valence-electron chi connectivity index (χ4n) is 1.43. The van der Waals surface area contributed by atoms with E-state index in [4.69, 9.17) is 14.6 Å². The second-order valence-corrected chi connectivity index (χ2v) is 3.91. The van der Waals surface area contributed by atoms with E-state index in [1.165, 1.54) is 12.1 Å². The predicted octanol–water partition coefficient (Wildman–Crippen LogP) is 1.47. The van der Waals surface area contributed by atoms with Gasteiger partial charge in [0.15, 0.2) is 0 Å². The summed E-state index contributed by atoms with van der Waals surface area (Å²) >= 11 is 0. The smallest absolute Gasteiger partial charge is 0.335 e. The summed E-state index contributed by atoms with van der Waals surface area (Å²) in [5.74, 6) is -0.406. The Morgan fingerprint density at radius 1 is 1.39 bits per heavy atom. The van der Waals surface area contributed by atoms with Gasteiger partial charge < -0.3 is 19.7 Å². The third-order valence-corrected chi connectivity index (χ3v) is 2.37. The van der Waals surface area contributed by atoms with Crippen molar-refractivity contribution < 1.29 is 24.5 Å². The maximum Gasteiger partial charge on any atom is 0.335 e. The van der Waals surface area contributed by atoms with E-state index in [2.05, 4.69) is 0 Å². The third kappa shape index (κ3) is 4.35. The van der Waals surface area contributed by atoms with Gasteiger partial charge in [-0.05, 0) is 37.6 Å². The average molecular weight is 254 g/mol. The molecule has 0 aromatic heterocycles. The molecule has 5 heteroatoms. The first-order chi connectivity index (χ1) is 8.54.